The SMILES string of the molecule is Cc1c(C)n(Cc2cccc(Cl)c2)c2c(-c3ccc(F)cc3)ccnc12. The third kappa shape index (κ3) is 2.89. The number of hydrogen-bond acceptors (Lipinski definition) is 1. The minimum Gasteiger partial charge on any atom is -0.338 e. The second-order valence-electron chi connectivity index (χ2n) is 6.49. The Kier molecular flexibility index (Phi) is 4.25. The van der Waals surface area contributed by atoms with Crippen molar-refractivity contribution in [3.63, 3.8) is 0 Å². The zero-order valence-electron chi connectivity index (χ0n) is 14.6. The van der Waals surface area contributed by atoms with Crippen molar-refractivity contribution in [3.05, 3.63) is 88.5 Å². The number of hydrogen-bond donors (Lipinski definition) is 0. The Bertz CT molecular complexity index is 1100. The maximum Gasteiger partial charge on any atom is 0.123 e. The molecule has 0 aliphatic carbocycles. The van der Waals surface area contributed by atoms with Crippen LogP contribution < -0.4 is 0 Å². The van der Waals surface area contributed by atoms with E-state index in [2.05, 4.69) is 29.5 Å². The number of halogens is 2. The summed E-state index contributed by atoms with van der Waals surface area (Å²) in [5, 5.41) is 0.727. The number of aryl methyl sites for hydroxylation is 1. The molecular formula is C22H18ClFN2. The number of pyridine rings is 1. The van der Waals surface area contributed by atoms with Crippen LogP contribution in [0.15, 0.2) is 60.8 Å². The van der Waals surface area contributed by atoms with Crippen LogP contribution in [0, 0.1) is 19.7 Å². The first-order valence-corrected chi connectivity index (χ1v) is 8.87. The number of fused-ring (bicyclic) bond motifs is 1. The van der Waals surface area contributed by atoms with Crippen molar-refractivity contribution in [2.24, 2.45) is 0 Å². The van der Waals surface area contributed by atoms with Gasteiger partial charge in [0.15, 0.2) is 0 Å². The fourth-order valence-corrected chi connectivity index (χ4v) is 3.63. The highest BCUT2D eigenvalue weighted by atomic mass is 35.5. The van der Waals surface area contributed by atoms with Gasteiger partial charge in [-0.3, -0.25) is 4.98 Å². The molecule has 0 bridgehead atoms. The molecule has 0 saturated heterocycles. The molecule has 0 amide bonds. The van der Waals surface area contributed by atoms with E-state index in [4.69, 9.17) is 11.6 Å². The molecule has 2 nitrogen and oxygen atoms in total. The third-order valence-corrected chi connectivity index (χ3v) is 5.12. The molecule has 4 aromatic rings. The highest BCUT2D eigenvalue weighted by molar-refractivity contribution is 6.30. The smallest absolute Gasteiger partial charge is 0.123 e. The van der Waals surface area contributed by atoms with Crippen molar-refractivity contribution in [2.75, 3.05) is 0 Å². The van der Waals surface area contributed by atoms with Gasteiger partial charge in [0, 0.05) is 29.0 Å². The first-order valence-electron chi connectivity index (χ1n) is 8.49. The molecule has 2 heterocycles. The van der Waals surface area contributed by atoms with Gasteiger partial charge in [0.2, 0.25) is 0 Å². The van der Waals surface area contributed by atoms with Gasteiger partial charge in [0.25, 0.3) is 0 Å². The van der Waals surface area contributed by atoms with Crippen molar-refractivity contribution in [2.45, 2.75) is 20.4 Å². The van der Waals surface area contributed by atoms with E-state index in [1.54, 1.807) is 0 Å². The molecule has 0 saturated carbocycles. The van der Waals surface area contributed by atoms with Crippen LogP contribution in [0.1, 0.15) is 16.8 Å². The van der Waals surface area contributed by atoms with Crippen molar-refractivity contribution in [1.29, 1.82) is 0 Å². The number of nitrogens with zero attached hydrogens (tertiary/aromatic N) is 2. The van der Waals surface area contributed by atoms with Crippen LogP contribution >= 0.6 is 11.6 Å². The largest absolute Gasteiger partial charge is 0.338 e. The Labute approximate surface area is 156 Å². The standard InChI is InChI=1S/C22H18ClFN2/c1-14-15(2)26(13-16-4-3-5-18(23)12-16)22-20(10-11-25-21(14)22)17-6-8-19(24)9-7-17/h3-12H,13H2,1-2H3. The van der Waals surface area contributed by atoms with E-state index in [1.165, 1.54) is 17.8 Å². The van der Waals surface area contributed by atoms with Crippen molar-refractivity contribution in [1.82, 2.24) is 9.55 Å². The van der Waals surface area contributed by atoms with Gasteiger partial charge >= 0.3 is 0 Å². The molecule has 0 fully saturated rings. The quantitative estimate of drug-likeness (QED) is 0.425. The van der Waals surface area contributed by atoms with Gasteiger partial charge in [-0.15, -0.1) is 0 Å². The molecule has 26 heavy (non-hydrogen) atoms. The number of rotatable bonds is 3. The van der Waals surface area contributed by atoms with Gasteiger partial charge in [0.1, 0.15) is 5.82 Å². The zero-order chi connectivity index (χ0) is 18.3. The van der Waals surface area contributed by atoms with Gasteiger partial charge in [-0.1, -0.05) is 35.9 Å². The molecule has 0 radical (unpaired) electrons. The molecule has 4 rings (SSSR count). The molecule has 0 atom stereocenters. The van der Waals surface area contributed by atoms with Crippen LogP contribution in [0.3, 0.4) is 0 Å². The minimum absolute atomic E-state index is 0.235. The Hall–Kier alpha value is -2.65. The second kappa shape index (κ2) is 6.58. The van der Waals surface area contributed by atoms with E-state index in [0.717, 1.165) is 38.3 Å². The lowest BCUT2D eigenvalue weighted by Gasteiger charge is -2.12. The van der Waals surface area contributed by atoms with E-state index in [0.29, 0.717) is 6.54 Å². The first kappa shape index (κ1) is 16.8. The highest BCUT2D eigenvalue weighted by Crippen LogP contribution is 2.33. The summed E-state index contributed by atoms with van der Waals surface area (Å²) < 4.78 is 15.6. The molecule has 0 N–H and O–H groups in total. The molecule has 0 spiro atoms. The molecule has 0 aliphatic rings. The third-order valence-electron chi connectivity index (χ3n) is 4.88. The summed E-state index contributed by atoms with van der Waals surface area (Å²) in [4.78, 5) is 4.60. The zero-order valence-corrected chi connectivity index (χ0v) is 15.4. The van der Waals surface area contributed by atoms with Crippen LogP contribution in [0.25, 0.3) is 22.2 Å². The van der Waals surface area contributed by atoms with Gasteiger partial charge in [-0.05, 0) is 60.9 Å². The molecule has 4 heteroatoms. The van der Waals surface area contributed by atoms with Crippen molar-refractivity contribution in [3.8, 4) is 11.1 Å². The lowest BCUT2D eigenvalue weighted by molar-refractivity contribution is 0.628. The summed E-state index contributed by atoms with van der Waals surface area (Å²) in [5.74, 6) is -0.235. The maximum atomic E-state index is 13.4. The Morgan fingerprint density at radius 3 is 2.54 bits per heavy atom. The first-order chi connectivity index (χ1) is 12.5. The van der Waals surface area contributed by atoms with Crippen LogP contribution in [0.5, 0.6) is 0 Å². The summed E-state index contributed by atoms with van der Waals surface area (Å²) in [6, 6.07) is 16.5. The Morgan fingerprint density at radius 2 is 1.81 bits per heavy atom. The average Bonchev–Trinajstić information content (AvgIpc) is 2.88. The second-order valence-corrected chi connectivity index (χ2v) is 6.93. The van der Waals surface area contributed by atoms with E-state index in [1.807, 2.05) is 42.6 Å². The highest BCUT2D eigenvalue weighted by Gasteiger charge is 2.16. The van der Waals surface area contributed by atoms with E-state index in [-0.39, 0.29) is 5.82 Å². The van der Waals surface area contributed by atoms with Gasteiger partial charge in [0.05, 0.1) is 11.0 Å². The summed E-state index contributed by atoms with van der Waals surface area (Å²) in [6.07, 6.45) is 1.82. The van der Waals surface area contributed by atoms with E-state index >= 15 is 0 Å². The number of benzene rings is 2. The predicted molar refractivity (Wildman–Crippen MR) is 105 cm³/mol. The summed E-state index contributed by atoms with van der Waals surface area (Å²) >= 11 is 6.16. The lowest BCUT2D eigenvalue weighted by Crippen LogP contribution is -2.03. The van der Waals surface area contributed by atoms with Crippen LogP contribution in [0.2, 0.25) is 5.02 Å². The fraction of sp³-hybridized carbons (Fsp3) is 0.136. The predicted octanol–water partition coefficient (Wildman–Crippen LogP) is 6.16. The van der Waals surface area contributed by atoms with Crippen molar-refractivity contribution >= 4 is 22.6 Å². The molecule has 130 valence electrons. The Morgan fingerprint density at radius 1 is 1.04 bits per heavy atom. The van der Waals surface area contributed by atoms with Gasteiger partial charge in [-0.25, -0.2) is 4.39 Å². The molecule has 0 aliphatic heterocycles. The lowest BCUT2D eigenvalue weighted by atomic mass is 10.0. The monoisotopic (exact) mass is 364 g/mol. The summed E-state index contributed by atoms with van der Waals surface area (Å²) in [7, 11) is 0. The van der Waals surface area contributed by atoms with E-state index in [9.17, 15) is 4.39 Å². The molecule has 0 unspecified atom stereocenters. The maximum absolute atomic E-state index is 13.4. The topological polar surface area (TPSA) is 17.8 Å². The minimum atomic E-state index is -0.235. The van der Waals surface area contributed by atoms with Crippen LogP contribution in [-0.2, 0) is 6.54 Å². The number of aromatic nitrogens is 2. The van der Waals surface area contributed by atoms with Gasteiger partial charge in [-0.2, -0.15) is 0 Å². The van der Waals surface area contributed by atoms with Crippen molar-refractivity contribution < 1.29 is 4.39 Å². The van der Waals surface area contributed by atoms with Crippen LogP contribution in [0.4, 0.5) is 4.39 Å². The average molecular weight is 365 g/mol. The fourth-order valence-electron chi connectivity index (χ4n) is 3.42. The van der Waals surface area contributed by atoms with Gasteiger partial charge < -0.3 is 4.57 Å². The molecule has 2 aromatic heterocycles. The Balaban J connectivity index is 1.94. The normalized spacial score (nSPS) is 11.2. The summed E-state index contributed by atoms with van der Waals surface area (Å²) in [5.41, 5.74) is 7.52. The summed E-state index contributed by atoms with van der Waals surface area (Å²) in [6.45, 7) is 4.90. The van der Waals surface area contributed by atoms with E-state index < -0.39 is 0 Å². The van der Waals surface area contributed by atoms with Crippen LogP contribution in [-0.4, -0.2) is 9.55 Å². The molecule has 2 aromatic carbocycles. The molecular weight excluding hydrogens is 347 g/mol.